The molecule has 3 aromatic rings. The van der Waals surface area contributed by atoms with E-state index in [9.17, 15) is 24.3 Å². The number of carboxylic acids is 1. The number of aromatic carboxylic acids is 1. The second-order valence-corrected chi connectivity index (χ2v) is 10.7. The minimum atomic E-state index is -1.07. The predicted octanol–water partition coefficient (Wildman–Crippen LogP) is 5.85. The summed E-state index contributed by atoms with van der Waals surface area (Å²) in [6.07, 6.45) is 5.53. The molecule has 1 aromatic heterocycles. The van der Waals surface area contributed by atoms with Crippen LogP contribution in [0.15, 0.2) is 59.5 Å². The van der Waals surface area contributed by atoms with Crippen molar-refractivity contribution in [2.75, 3.05) is 19.5 Å². The second-order valence-electron chi connectivity index (χ2n) is 10.2. The van der Waals surface area contributed by atoms with Crippen molar-refractivity contribution in [3.63, 3.8) is 0 Å². The van der Waals surface area contributed by atoms with Crippen LogP contribution in [0.1, 0.15) is 65.8 Å². The number of Topliss-reactive ketones (excluding diaryl/α,β-unsaturated/α-hetero) is 1. The van der Waals surface area contributed by atoms with Crippen LogP contribution in [0.5, 0.6) is 5.75 Å². The summed E-state index contributed by atoms with van der Waals surface area (Å²) in [4.78, 5) is 50.9. The fourth-order valence-electron chi connectivity index (χ4n) is 5.38. The van der Waals surface area contributed by atoms with Crippen molar-refractivity contribution in [2.45, 2.75) is 51.2 Å². The van der Waals surface area contributed by atoms with Crippen LogP contribution in [0.2, 0.25) is 5.02 Å². The number of ketones is 1. The van der Waals surface area contributed by atoms with Crippen molar-refractivity contribution >= 4 is 34.9 Å². The van der Waals surface area contributed by atoms with E-state index in [-0.39, 0.29) is 23.4 Å². The lowest BCUT2D eigenvalue weighted by molar-refractivity contribution is -0.120. The topological polar surface area (TPSA) is 124 Å². The maximum atomic E-state index is 13.7. The lowest BCUT2D eigenvalue weighted by atomic mass is 9.83. The van der Waals surface area contributed by atoms with Crippen molar-refractivity contribution in [3.8, 4) is 16.9 Å². The summed E-state index contributed by atoms with van der Waals surface area (Å²) in [7, 11) is 3.15. The molecule has 1 saturated carbocycles. The van der Waals surface area contributed by atoms with Crippen LogP contribution in [0.3, 0.4) is 0 Å². The third kappa shape index (κ3) is 7.04. The van der Waals surface area contributed by atoms with Gasteiger partial charge in [0, 0.05) is 35.0 Å². The summed E-state index contributed by atoms with van der Waals surface area (Å²) in [6.45, 7) is 1.43. The Morgan fingerprint density at radius 2 is 1.71 bits per heavy atom. The van der Waals surface area contributed by atoms with E-state index in [1.807, 2.05) is 0 Å². The van der Waals surface area contributed by atoms with Crippen LogP contribution in [-0.4, -0.2) is 47.7 Å². The molecule has 10 heteroatoms. The second kappa shape index (κ2) is 13.1. The zero-order chi connectivity index (χ0) is 29.7. The number of benzene rings is 2. The van der Waals surface area contributed by atoms with Gasteiger partial charge in [0.2, 0.25) is 5.91 Å². The number of rotatable bonds is 10. The molecule has 1 atom stereocenters. The molecule has 0 spiro atoms. The number of carboxylic acid groups (broad SMARTS) is 1. The van der Waals surface area contributed by atoms with E-state index in [1.165, 1.54) is 55.1 Å². The molecule has 1 aliphatic carbocycles. The number of anilines is 1. The monoisotopic (exact) mass is 580 g/mol. The first-order valence-electron chi connectivity index (χ1n) is 13.4. The third-order valence-electron chi connectivity index (χ3n) is 7.64. The van der Waals surface area contributed by atoms with Crippen LogP contribution in [0.25, 0.3) is 11.1 Å². The number of aromatic nitrogens is 1. The molecular weight excluding hydrogens is 548 g/mol. The Kier molecular flexibility index (Phi) is 9.62. The van der Waals surface area contributed by atoms with Gasteiger partial charge in [-0.1, -0.05) is 11.6 Å². The Balaban J connectivity index is 1.73. The quantitative estimate of drug-likeness (QED) is 0.288. The molecular formula is C31H33ClN2O7. The fourth-order valence-corrected chi connectivity index (χ4v) is 5.55. The molecule has 1 heterocycles. The molecule has 216 valence electrons. The molecule has 2 N–H and O–H groups in total. The van der Waals surface area contributed by atoms with Crippen molar-refractivity contribution < 1.29 is 29.0 Å². The normalized spacial score (nSPS) is 17.5. The van der Waals surface area contributed by atoms with Gasteiger partial charge in [0.1, 0.15) is 11.8 Å². The van der Waals surface area contributed by atoms with Gasteiger partial charge in [-0.05, 0) is 93.0 Å². The van der Waals surface area contributed by atoms with Gasteiger partial charge in [0.15, 0.2) is 5.78 Å². The molecule has 1 fully saturated rings. The third-order valence-corrected chi connectivity index (χ3v) is 7.87. The van der Waals surface area contributed by atoms with E-state index in [1.54, 1.807) is 25.3 Å². The van der Waals surface area contributed by atoms with Crippen LogP contribution in [-0.2, 0) is 9.53 Å². The largest absolute Gasteiger partial charge is 0.495 e. The van der Waals surface area contributed by atoms with Crippen LogP contribution in [0.4, 0.5) is 5.69 Å². The molecule has 1 aliphatic rings. The van der Waals surface area contributed by atoms with E-state index in [2.05, 4.69) is 5.32 Å². The van der Waals surface area contributed by atoms with Gasteiger partial charge in [0.05, 0.1) is 25.0 Å². The number of pyridine rings is 1. The van der Waals surface area contributed by atoms with Gasteiger partial charge in [-0.3, -0.25) is 19.0 Å². The van der Waals surface area contributed by atoms with Gasteiger partial charge in [-0.2, -0.15) is 0 Å². The standard InChI is InChI=1S/C31H33ClN2O7/c1-18(35)24-13-8-21(32)15-25(24)26-16-29(36)34(17-28(26)41-3)27(14-19-4-11-23(40-2)12-5-19)30(37)33-22-9-6-20(7-10-22)31(38)39/h6-10,13,15-17,19,23,27H,4-5,11-12,14H2,1-3H3,(H,33,37)(H,38,39). The highest BCUT2D eigenvalue weighted by atomic mass is 35.5. The molecule has 1 unspecified atom stereocenters. The Morgan fingerprint density at radius 1 is 1.02 bits per heavy atom. The number of halogens is 1. The number of nitrogens with zero attached hydrogens (tertiary/aromatic N) is 1. The molecule has 1 amide bonds. The molecule has 2 aromatic carbocycles. The zero-order valence-electron chi connectivity index (χ0n) is 23.2. The van der Waals surface area contributed by atoms with E-state index in [0.29, 0.717) is 39.6 Å². The number of methoxy groups -OCH3 is 2. The average molecular weight is 581 g/mol. The van der Waals surface area contributed by atoms with Crippen LogP contribution < -0.4 is 15.6 Å². The number of carbonyl (C=O) groups excluding carboxylic acids is 2. The Labute approximate surface area is 243 Å². The molecule has 0 radical (unpaired) electrons. The summed E-state index contributed by atoms with van der Waals surface area (Å²) < 4.78 is 12.5. The Bertz CT molecular complexity index is 1490. The highest BCUT2D eigenvalue weighted by Crippen LogP contribution is 2.36. The SMILES string of the molecule is COc1cn(C(CC2CCC(OC)CC2)C(=O)Nc2ccc(C(=O)O)cc2)c(=O)cc1-c1cc(Cl)ccc1C(C)=O. The fraction of sp³-hybridized carbons (Fsp3) is 0.355. The van der Waals surface area contributed by atoms with Crippen molar-refractivity contribution in [1.29, 1.82) is 0 Å². The molecule has 4 rings (SSSR count). The van der Waals surface area contributed by atoms with Crippen molar-refractivity contribution in [2.24, 2.45) is 5.92 Å². The van der Waals surface area contributed by atoms with Crippen LogP contribution >= 0.6 is 11.6 Å². The minimum absolute atomic E-state index is 0.0944. The first-order valence-corrected chi connectivity index (χ1v) is 13.8. The van der Waals surface area contributed by atoms with Crippen LogP contribution in [0, 0.1) is 5.92 Å². The van der Waals surface area contributed by atoms with E-state index in [4.69, 9.17) is 21.1 Å². The van der Waals surface area contributed by atoms with Gasteiger partial charge >= 0.3 is 5.97 Å². The number of amides is 1. The van der Waals surface area contributed by atoms with Gasteiger partial charge in [0.25, 0.3) is 5.56 Å². The lowest BCUT2D eigenvalue weighted by Gasteiger charge is -2.30. The Hall–Kier alpha value is -3.95. The molecule has 0 bridgehead atoms. The number of hydrogen-bond acceptors (Lipinski definition) is 6. The number of nitrogens with one attached hydrogen (secondary N) is 1. The summed E-state index contributed by atoms with van der Waals surface area (Å²) in [5, 5.41) is 12.4. The Morgan fingerprint density at radius 3 is 2.29 bits per heavy atom. The summed E-state index contributed by atoms with van der Waals surface area (Å²) in [5.41, 5.74) is 1.31. The first kappa shape index (κ1) is 30.0. The van der Waals surface area contributed by atoms with E-state index in [0.717, 1.165) is 25.7 Å². The van der Waals surface area contributed by atoms with Gasteiger partial charge < -0.3 is 19.9 Å². The minimum Gasteiger partial charge on any atom is -0.495 e. The molecule has 0 saturated heterocycles. The smallest absolute Gasteiger partial charge is 0.335 e. The maximum Gasteiger partial charge on any atom is 0.335 e. The number of ether oxygens (including phenoxy) is 2. The van der Waals surface area contributed by atoms with E-state index < -0.39 is 23.5 Å². The zero-order valence-corrected chi connectivity index (χ0v) is 23.9. The van der Waals surface area contributed by atoms with Crippen molar-refractivity contribution in [3.05, 3.63) is 81.2 Å². The van der Waals surface area contributed by atoms with Gasteiger partial charge in [-0.25, -0.2) is 4.79 Å². The summed E-state index contributed by atoms with van der Waals surface area (Å²) in [5.74, 6) is -1.19. The highest BCUT2D eigenvalue weighted by molar-refractivity contribution is 6.31. The lowest BCUT2D eigenvalue weighted by Crippen LogP contribution is -2.35. The van der Waals surface area contributed by atoms with Crippen molar-refractivity contribution in [1.82, 2.24) is 4.57 Å². The predicted molar refractivity (Wildman–Crippen MR) is 156 cm³/mol. The van der Waals surface area contributed by atoms with E-state index >= 15 is 0 Å². The average Bonchev–Trinajstić information content (AvgIpc) is 2.96. The van der Waals surface area contributed by atoms with Gasteiger partial charge in [-0.15, -0.1) is 0 Å². The molecule has 0 aliphatic heterocycles. The molecule has 9 nitrogen and oxygen atoms in total. The summed E-state index contributed by atoms with van der Waals surface area (Å²) in [6, 6.07) is 11.1. The molecule has 41 heavy (non-hydrogen) atoms. The highest BCUT2D eigenvalue weighted by Gasteiger charge is 2.30. The first-order chi connectivity index (χ1) is 19.6. The maximum absolute atomic E-state index is 13.7. The number of hydrogen-bond donors (Lipinski definition) is 2. The number of carbonyl (C=O) groups is 3. The summed E-state index contributed by atoms with van der Waals surface area (Å²) >= 11 is 6.23.